The molecule has 0 bridgehead atoms. The molecule has 2 rings (SSSR count). The zero-order valence-electron chi connectivity index (χ0n) is 13.1. The van der Waals surface area contributed by atoms with Crippen LogP contribution >= 0.6 is 15.9 Å². The fraction of sp³-hybridized carbons (Fsp3) is 0.286. The van der Waals surface area contributed by atoms with Gasteiger partial charge in [-0.3, -0.25) is 14.8 Å². The molecule has 0 aliphatic rings. The van der Waals surface area contributed by atoms with Crippen LogP contribution in [-0.2, 0) is 6.54 Å². The first kappa shape index (κ1) is 17.6. The largest absolute Gasteiger partial charge is 0.493 e. The molecule has 0 spiro atoms. The maximum Gasteiger partial charge on any atom is 0.325 e. The molecular weight excluding hydrogens is 384 g/mol. The summed E-state index contributed by atoms with van der Waals surface area (Å²) < 4.78 is 17.8. The fourth-order valence-corrected chi connectivity index (χ4v) is 2.75. The Balaban J connectivity index is 2.51. The van der Waals surface area contributed by atoms with Crippen LogP contribution in [0.5, 0.6) is 17.2 Å². The van der Waals surface area contributed by atoms with Crippen molar-refractivity contribution in [2.45, 2.75) is 6.54 Å². The molecule has 126 valence electrons. The molecule has 0 aliphatic carbocycles. The van der Waals surface area contributed by atoms with E-state index in [9.17, 15) is 10.1 Å². The van der Waals surface area contributed by atoms with Gasteiger partial charge in [0.25, 0.3) is 0 Å². The smallest absolute Gasteiger partial charge is 0.325 e. The molecule has 1 heterocycles. The highest BCUT2D eigenvalue weighted by molar-refractivity contribution is 9.10. The van der Waals surface area contributed by atoms with Crippen molar-refractivity contribution in [3.05, 3.63) is 38.1 Å². The van der Waals surface area contributed by atoms with Crippen LogP contribution in [0.4, 0.5) is 5.69 Å². The lowest BCUT2D eigenvalue weighted by atomic mass is 10.2. The summed E-state index contributed by atoms with van der Waals surface area (Å²) in [6, 6.07) is 3.41. The van der Waals surface area contributed by atoms with Gasteiger partial charge >= 0.3 is 5.69 Å². The van der Waals surface area contributed by atoms with E-state index in [2.05, 4.69) is 21.0 Å². The SMILES string of the molecule is COc1cc(Cn2cc([N+](=O)[O-])c(C#N)n2)c(Br)c(OC)c1OC. The zero-order chi connectivity index (χ0) is 17.9. The van der Waals surface area contributed by atoms with Crippen molar-refractivity contribution < 1.29 is 19.1 Å². The van der Waals surface area contributed by atoms with E-state index in [1.54, 1.807) is 12.1 Å². The molecule has 0 saturated carbocycles. The number of halogens is 1. The van der Waals surface area contributed by atoms with Crippen molar-refractivity contribution in [3.63, 3.8) is 0 Å². The second kappa shape index (κ2) is 7.18. The molecule has 1 aromatic heterocycles. The van der Waals surface area contributed by atoms with E-state index in [0.717, 1.165) is 0 Å². The predicted molar refractivity (Wildman–Crippen MR) is 86.5 cm³/mol. The first-order valence-corrected chi connectivity index (χ1v) is 7.35. The average molecular weight is 397 g/mol. The van der Waals surface area contributed by atoms with Crippen LogP contribution in [0.15, 0.2) is 16.7 Å². The number of aromatic nitrogens is 2. The summed E-state index contributed by atoms with van der Waals surface area (Å²) in [5.74, 6) is 1.28. The Morgan fingerprint density at radius 2 is 2.00 bits per heavy atom. The topological polar surface area (TPSA) is 112 Å². The number of nitrogens with zero attached hydrogens (tertiary/aromatic N) is 4. The van der Waals surface area contributed by atoms with Gasteiger partial charge in [-0.05, 0) is 27.6 Å². The summed E-state index contributed by atoms with van der Waals surface area (Å²) >= 11 is 3.42. The van der Waals surface area contributed by atoms with Crippen LogP contribution in [0.2, 0.25) is 0 Å². The molecule has 9 nitrogen and oxygen atoms in total. The minimum absolute atomic E-state index is 0.166. The number of methoxy groups -OCH3 is 3. The minimum Gasteiger partial charge on any atom is -0.493 e. The summed E-state index contributed by atoms with van der Waals surface area (Å²) in [5.41, 5.74) is 0.0935. The highest BCUT2D eigenvalue weighted by Crippen LogP contribution is 2.44. The van der Waals surface area contributed by atoms with Gasteiger partial charge in [0.2, 0.25) is 11.4 Å². The van der Waals surface area contributed by atoms with Crippen molar-refractivity contribution in [2.24, 2.45) is 0 Å². The molecule has 1 aromatic carbocycles. The first-order valence-electron chi connectivity index (χ1n) is 6.56. The average Bonchev–Trinajstić information content (AvgIpc) is 2.99. The Morgan fingerprint density at radius 3 is 2.46 bits per heavy atom. The summed E-state index contributed by atoms with van der Waals surface area (Å²) in [6.45, 7) is 0.166. The standard InChI is InChI=1S/C14H13BrN4O5/c1-22-11-4-8(12(15)14(24-3)13(11)23-2)6-18-7-10(19(20)21)9(5-16)17-18/h4,7H,6H2,1-3H3. The van der Waals surface area contributed by atoms with Crippen LogP contribution in [0.1, 0.15) is 11.3 Å². The number of ether oxygens (including phenoxy) is 3. The van der Waals surface area contributed by atoms with Crippen molar-refractivity contribution in [1.29, 1.82) is 5.26 Å². The van der Waals surface area contributed by atoms with E-state index < -0.39 is 4.92 Å². The highest BCUT2D eigenvalue weighted by atomic mass is 79.9. The second-order valence-corrected chi connectivity index (χ2v) is 5.34. The van der Waals surface area contributed by atoms with Crippen molar-refractivity contribution in [2.75, 3.05) is 21.3 Å². The summed E-state index contributed by atoms with van der Waals surface area (Å²) in [4.78, 5) is 10.3. The molecule has 2 aromatic rings. The van der Waals surface area contributed by atoms with Gasteiger partial charge in [-0.25, -0.2) is 0 Å². The monoisotopic (exact) mass is 396 g/mol. The van der Waals surface area contributed by atoms with Gasteiger partial charge in [0, 0.05) is 0 Å². The van der Waals surface area contributed by atoms with Crippen LogP contribution < -0.4 is 14.2 Å². The molecule has 0 aliphatic heterocycles. The van der Waals surface area contributed by atoms with Gasteiger partial charge in [-0.15, -0.1) is 0 Å². The Labute approximate surface area is 145 Å². The minimum atomic E-state index is -0.647. The molecule has 0 fully saturated rings. The fourth-order valence-electron chi connectivity index (χ4n) is 2.17. The molecule has 0 saturated heterocycles. The molecule has 0 N–H and O–H groups in total. The Bertz CT molecular complexity index is 828. The maximum absolute atomic E-state index is 10.9. The van der Waals surface area contributed by atoms with Gasteiger partial charge in [0.15, 0.2) is 11.5 Å². The molecule has 0 unspecified atom stereocenters. The van der Waals surface area contributed by atoms with Crippen LogP contribution in [0.25, 0.3) is 0 Å². The second-order valence-electron chi connectivity index (χ2n) is 4.55. The summed E-state index contributed by atoms with van der Waals surface area (Å²) in [6.07, 6.45) is 1.20. The quantitative estimate of drug-likeness (QED) is 0.544. The van der Waals surface area contributed by atoms with Gasteiger partial charge in [-0.1, -0.05) is 0 Å². The molecule has 10 heteroatoms. The summed E-state index contributed by atoms with van der Waals surface area (Å²) in [5, 5.41) is 23.8. The van der Waals surface area contributed by atoms with Gasteiger partial charge in [-0.2, -0.15) is 10.4 Å². The number of nitro groups is 1. The van der Waals surface area contributed by atoms with Crippen LogP contribution in [0, 0.1) is 21.4 Å². The third-order valence-electron chi connectivity index (χ3n) is 3.22. The normalized spacial score (nSPS) is 10.1. The van der Waals surface area contributed by atoms with Crippen molar-refractivity contribution >= 4 is 21.6 Å². The molecular formula is C14H13BrN4O5. The Kier molecular flexibility index (Phi) is 5.25. The number of nitriles is 1. The van der Waals surface area contributed by atoms with Gasteiger partial charge < -0.3 is 14.2 Å². The number of hydrogen-bond donors (Lipinski definition) is 0. The lowest BCUT2D eigenvalue weighted by molar-refractivity contribution is -0.385. The first-order chi connectivity index (χ1) is 11.5. The Hall–Kier alpha value is -2.80. The van der Waals surface area contributed by atoms with E-state index in [1.165, 1.54) is 32.2 Å². The van der Waals surface area contributed by atoms with Crippen molar-refractivity contribution in [1.82, 2.24) is 9.78 Å². The molecule has 24 heavy (non-hydrogen) atoms. The van der Waals surface area contributed by atoms with E-state index in [1.807, 2.05) is 0 Å². The van der Waals surface area contributed by atoms with Crippen LogP contribution in [-0.4, -0.2) is 36.0 Å². The molecule has 0 radical (unpaired) electrons. The van der Waals surface area contributed by atoms with E-state index >= 15 is 0 Å². The number of benzene rings is 1. The van der Waals surface area contributed by atoms with E-state index in [4.69, 9.17) is 19.5 Å². The van der Waals surface area contributed by atoms with Crippen molar-refractivity contribution in [3.8, 4) is 23.3 Å². The van der Waals surface area contributed by atoms with Gasteiger partial charge in [0.05, 0.1) is 37.3 Å². The predicted octanol–water partition coefficient (Wildman–Crippen LogP) is 2.50. The highest BCUT2D eigenvalue weighted by Gasteiger charge is 2.22. The zero-order valence-corrected chi connectivity index (χ0v) is 14.7. The molecule has 0 atom stereocenters. The van der Waals surface area contributed by atoms with Crippen LogP contribution in [0.3, 0.4) is 0 Å². The maximum atomic E-state index is 10.9. The lowest BCUT2D eigenvalue weighted by Crippen LogP contribution is -2.04. The molecule has 0 amide bonds. The van der Waals surface area contributed by atoms with E-state index in [-0.39, 0.29) is 17.9 Å². The van der Waals surface area contributed by atoms with E-state index in [0.29, 0.717) is 27.3 Å². The summed E-state index contributed by atoms with van der Waals surface area (Å²) in [7, 11) is 4.46. The Morgan fingerprint density at radius 1 is 1.33 bits per heavy atom. The number of hydrogen-bond acceptors (Lipinski definition) is 7. The number of rotatable bonds is 6. The van der Waals surface area contributed by atoms with Gasteiger partial charge in [0.1, 0.15) is 12.3 Å². The third kappa shape index (κ3) is 3.11. The lowest BCUT2D eigenvalue weighted by Gasteiger charge is -2.16. The third-order valence-corrected chi connectivity index (χ3v) is 4.09.